The number of aromatic nitrogens is 1. The Morgan fingerprint density at radius 1 is 1.08 bits per heavy atom. The lowest BCUT2D eigenvalue weighted by Gasteiger charge is -2.07. The van der Waals surface area contributed by atoms with Gasteiger partial charge in [0.25, 0.3) is 0 Å². The summed E-state index contributed by atoms with van der Waals surface area (Å²) in [4.78, 5) is 12.0. The highest BCUT2D eigenvalue weighted by Crippen LogP contribution is 2.22. The smallest absolute Gasteiger partial charge is 0.324 e. The molecule has 0 saturated carbocycles. The van der Waals surface area contributed by atoms with Crippen LogP contribution in [0.4, 0.5) is 16.3 Å². The molecule has 2 aromatic carbocycles. The van der Waals surface area contributed by atoms with E-state index < -0.39 is 6.03 Å². The number of rotatable bonds is 5. The summed E-state index contributed by atoms with van der Waals surface area (Å²) in [7, 11) is 0. The predicted molar refractivity (Wildman–Crippen MR) is 92.2 cm³/mol. The third-order valence-corrected chi connectivity index (χ3v) is 3.23. The van der Waals surface area contributed by atoms with Crippen molar-refractivity contribution >= 4 is 17.5 Å². The maximum Gasteiger partial charge on any atom is 0.324 e. The number of hydrogen-bond acceptors (Lipinski definition) is 4. The Labute approximate surface area is 139 Å². The summed E-state index contributed by atoms with van der Waals surface area (Å²) in [6, 6.07) is 17.9. The molecule has 122 valence electrons. The van der Waals surface area contributed by atoms with Crippen molar-refractivity contribution < 1.29 is 14.1 Å². The fourth-order valence-electron chi connectivity index (χ4n) is 2.15. The highest BCUT2D eigenvalue weighted by molar-refractivity contribution is 5.99. The fraction of sp³-hybridized carbons (Fsp3) is 0.111. The van der Waals surface area contributed by atoms with Gasteiger partial charge in [-0.05, 0) is 31.2 Å². The normalized spacial score (nSPS) is 10.2. The molecular formula is C18H17N3O3. The van der Waals surface area contributed by atoms with Crippen molar-refractivity contribution in [2.75, 3.05) is 17.2 Å². The van der Waals surface area contributed by atoms with Crippen molar-refractivity contribution in [1.82, 2.24) is 5.16 Å². The van der Waals surface area contributed by atoms with Gasteiger partial charge in [-0.15, -0.1) is 0 Å². The van der Waals surface area contributed by atoms with Crippen LogP contribution in [-0.4, -0.2) is 17.8 Å². The summed E-state index contributed by atoms with van der Waals surface area (Å²) in [6.07, 6.45) is 0. The van der Waals surface area contributed by atoms with Gasteiger partial charge in [-0.2, -0.15) is 0 Å². The summed E-state index contributed by atoms with van der Waals surface area (Å²) in [5.74, 6) is 1.69. The second-order valence-electron chi connectivity index (χ2n) is 4.98. The topological polar surface area (TPSA) is 76.4 Å². The summed E-state index contributed by atoms with van der Waals surface area (Å²) >= 11 is 0. The molecule has 1 heterocycles. The molecule has 0 atom stereocenters. The lowest BCUT2D eigenvalue weighted by Crippen LogP contribution is -2.19. The van der Waals surface area contributed by atoms with E-state index in [-0.39, 0.29) is 0 Å². The van der Waals surface area contributed by atoms with Crippen LogP contribution in [0.3, 0.4) is 0 Å². The molecule has 0 fully saturated rings. The van der Waals surface area contributed by atoms with Crippen molar-refractivity contribution in [3.05, 3.63) is 60.7 Å². The van der Waals surface area contributed by atoms with Gasteiger partial charge in [0.15, 0.2) is 11.6 Å². The SMILES string of the molecule is CCOc1ccc(NC(=O)Nc2cc(-c3ccccc3)on2)cc1. The second kappa shape index (κ2) is 7.32. The molecule has 2 amide bonds. The number of carbonyl (C=O) groups excluding carboxylic acids is 1. The van der Waals surface area contributed by atoms with Crippen molar-refractivity contribution in [1.29, 1.82) is 0 Å². The number of nitrogens with one attached hydrogen (secondary N) is 2. The van der Waals surface area contributed by atoms with Crippen LogP contribution in [0.1, 0.15) is 6.92 Å². The molecule has 24 heavy (non-hydrogen) atoms. The first-order valence-corrected chi connectivity index (χ1v) is 7.57. The zero-order valence-electron chi connectivity index (χ0n) is 13.2. The van der Waals surface area contributed by atoms with Gasteiger partial charge in [-0.1, -0.05) is 35.5 Å². The van der Waals surface area contributed by atoms with Crippen molar-refractivity contribution in [3.63, 3.8) is 0 Å². The van der Waals surface area contributed by atoms with Crippen LogP contribution in [0.25, 0.3) is 11.3 Å². The Morgan fingerprint density at radius 2 is 1.83 bits per heavy atom. The average molecular weight is 323 g/mol. The molecular weight excluding hydrogens is 306 g/mol. The maximum absolute atomic E-state index is 12.0. The molecule has 0 saturated heterocycles. The van der Waals surface area contributed by atoms with E-state index in [1.54, 1.807) is 30.3 Å². The summed E-state index contributed by atoms with van der Waals surface area (Å²) in [6.45, 7) is 2.52. The van der Waals surface area contributed by atoms with Crippen LogP contribution in [-0.2, 0) is 0 Å². The quantitative estimate of drug-likeness (QED) is 0.730. The number of nitrogens with zero attached hydrogens (tertiary/aromatic N) is 1. The van der Waals surface area contributed by atoms with Crippen LogP contribution in [0.15, 0.2) is 65.2 Å². The minimum absolute atomic E-state index is 0.345. The first-order chi connectivity index (χ1) is 11.7. The third-order valence-electron chi connectivity index (χ3n) is 3.23. The van der Waals surface area contributed by atoms with Gasteiger partial charge in [-0.25, -0.2) is 4.79 Å². The number of urea groups is 1. The fourth-order valence-corrected chi connectivity index (χ4v) is 2.15. The number of carbonyl (C=O) groups is 1. The lowest BCUT2D eigenvalue weighted by molar-refractivity contribution is 0.262. The average Bonchev–Trinajstić information content (AvgIpc) is 3.06. The molecule has 2 N–H and O–H groups in total. The van der Waals surface area contributed by atoms with Crippen LogP contribution < -0.4 is 15.4 Å². The van der Waals surface area contributed by atoms with Crippen LogP contribution in [0.5, 0.6) is 5.75 Å². The van der Waals surface area contributed by atoms with Crippen LogP contribution >= 0.6 is 0 Å². The number of anilines is 2. The van der Waals surface area contributed by atoms with Gasteiger partial charge in [0.05, 0.1) is 6.61 Å². The van der Waals surface area contributed by atoms with Crippen molar-refractivity contribution in [2.24, 2.45) is 0 Å². The summed E-state index contributed by atoms with van der Waals surface area (Å²) in [5, 5.41) is 9.20. The van der Waals surface area contributed by atoms with E-state index in [0.29, 0.717) is 23.9 Å². The number of ether oxygens (including phenoxy) is 1. The van der Waals surface area contributed by atoms with Gasteiger partial charge < -0.3 is 14.6 Å². The standard InChI is InChI=1S/C18H17N3O3/c1-2-23-15-10-8-14(9-11-15)19-18(22)20-17-12-16(24-21-17)13-6-4-3-5-7-13/h3-12H,2H2,1H3,(H2,19,20,21,22). The molecule has 6 heteroatoms. The first-order valence-electron chi connectivity index (χ1n) is 7.57. The molecule has 6 nitrogen and oxygen atoms in total. The number of hydrogen-bond donors (Lipinski definition) is 2. The summed E-state index contributed by atoms with van der Waals surface area (Å²) < 4.78 is 10.6. The van der Waals surface area contributed by atoms with Gasteiger partial charge in [0.1, 0.15) is 5.75 Å². The lowest BCUT2D eigenvalue weighted by atomic mass is 10.2. The van der Waals surface area contributed by atoms with E-state index in [9.17, 15) is 4.79 Å². The molecule has 0 aliphatic carbocycles. The zero-order valence-corrected chi connectivity index (χ0v) is 13.2. The Kier molecular flexibility index (Phi) is 4.76. The van der Waals surface area contributed by atoms with Gasteiger partial charge in [-0.3, -0.25) is 5.32 Å². The van der Waals surface area contributed by atoms with E-state index in [4.69, 9.17) is 9.26 Å². The molecule has 0 spiro atoms. The van der Waals surface area contributed by atoms with Crippen LogP contribution in [0, 0.1) is 0 Å². The number of amides is 2. The number of benzene rings is 2. The zero-order chi connectivity index (χ0) is 16.8. The molecule has 0 unspecified atom stereocenters. The molecule has 0 aliphatic rings. The minimum Gasteiger partial charge on any atom is -0.494 e. The van der Waals surface area contributed by atoms with Gasteiger partial charge >= 0.3 is 6.03 Å². The summed E-state index contributed by atoms with van der Waals surface area (Å²) in [5.41, 5.74) is 1.55. The largest absolute Gasteiger partial charge is 0.494 e. The Balaban J connectivity index is 1.60. The monoisotopic (exact) mass is 323 g/mol. The predicted octanol–water partition coefficient (Wildman–Crippen LogP) is 4.38. The Bertz CT molecular complexity index is 798. The van der Waals surface area contributed by atoms with E-state index in [0.717, 1.165) is 11.3 Å². The van der Waals surface area contributed by atoms with Crippen molar-refractivity contribution in [2.45, 2.75) is 6.92 Å². The van der Waals surface area contributed by atoms with E-state index in [1.807, 2.05) is 37.3 Å². The molecule has 0 bridgehead atoms. The van der Waals surface area contributed by atoms with Crippen LogP contribution in [0.2, 0.25) is 0 Å². The molecule has 0 radical (unpaired) electrons. The van der Waals surface area contributed by atoms with Gasteiger partial charge in [0.2, 0.25) is 0 Å². The molecule has 3 aromatic rings. The molecule has 3 rings (SSSR count). The first kappa shape index (κ1) is 15.6. The highest BCUT2D eigenvalue weighted by atomic mass is 16.5. The second-order valence-corrected chi connectivity index (χ2v) is 4.98. The van der Waals surface area contributed by atoms with E-state index in [1.165, 1.54) is 0 Å². The maximum atomic E-state index is 12.0. The van der Waals surface area contributed by atoms with Crippen molar-refractivity contribution in [3.8, 4) is 17.1 Å². The van der Waals surface area contributed by atoms with Gasteiger partial charge in [0, 0.05) is 17.3 Å². The molecule has 1 aromatic heterocycles. The Hall–Kier alpha value is -3.28. The molecule has 0 aliphatic heterocycles. The highest BCUT2D eigenvalue weighted by Gasteiger charge is 2.09. The Morgan fingerprint density at radius 3 is 2.54 bits per heavy atom. The van der Waals surface area contributed by atoms with E-state index in [2.05, 4.69) is 15.8 Å². The third kappa shape index (κ3) is 3.92. The van der Waals surface area contributed by atoms with E-state index >= 15 is 0 Å². The minimum atomic E-state index is -0.396.